The minimum atomic E-state index is -0.855. The van der Waals surface area contributed by atoms with Gasteiger partial charge >= 0.3 is 0 Å². The Morgan fingerprint density at radius 3 is 2.47 bits per heavy atom. The fourth-order valence-electron chi connectivity index (χ4n) is 5.84. The molecule has 0 saturated carbocycles. The highest BCUT2D eigenvalue weighted by molar-refractivity contribution is 5.93. The number of halogens is 2. The average Bonchev–Trinajstić information content (AvgIpc) is 2.96. The van der Waals surface area contributed by atoms with Gasteiger partial charge in [-0.25, -0.2) is 13.8 Å². The van der Waals surface area contributed by atoms with Crippen LogP contribution in [-0.2, 0) is 4.79 Å². The van der Waals surface area contributed by atoms with Crippen molar-refractivity contribution in [1.82, 2.24) is 19.4 Å². The summed E-state index contributed by atoms with van der Waals surface area (Å²) in [5.41, 5.74) is 1.39. The second-order valence-corrected chi connectivity index (χ2v) is 11.5. The minimum absolute atomic E-state index is 0.00292. The molecule has 5 rings (SSSR count). The maximum atomic E-state index is 16.0. The van der Waals surface area contributed by atoms with Crippen molar-refractivity contribution in [2.75, 3.05) is 24.5 Å². The molecule has 0 spiro atoms. The van der Waals surface area contributed by atoms with E-state index in [1.165, 1.54) is 34.9 Å². The van der Waals surface area contributed by atoms with Crippen LogP contribution in [-0.4, -0.2) is 56.1 Å². The van der Waals surface area contributed by atoms with E-state index in [0.717, 1.165) is 11.6 Å². The molecule has 43 heavy (non-hydrogen) atoms. The predicted molar refractivity (Wildman–Crippen MR) is 164 cm³/mol. The van der Waals surface area contributed by atoms with Crippen molar-refractivity contribution in [2.45, 2.75) is 52.5 Å². The summed E-state index contributed by atoms with van der Waals surface area (Å²) in [5.74, 6) is -2.43. The summed E-state index contributed by atoms with van der Waals surface area (Å²) >= 11 is 0. The van der Waals surface area contributed by atoms with Gasteiger partial charge in [0.05, 0.1) is 22.6 Å². The zero-order valence-electron chi connectivity index (χ0n) is 24.9. The Morgan fingerprint density at radius 2 is 1.84 bits per heavy atom. The molecule has 1 aliphatic rings. The van der Waals surface area contributed by atoms with E-state index < -0.39 is 34.2 Å². The zero-order chi connectivity index (χ0) is 31.2. The Hall–Kier alpha value is -4.60. The van der Waals surface area contributed by atoms with Gasteiger partial charge in [-0.05, 0) is 54.7 Å². The van der Waals surface area contributed by atoms with E-state index in [1.54, 1.807) is 11.1 Å². The van der Waals surface area contributed by atoms with Crippen LogP contribution in [0.4, 0.5) is 14.5 Å². The number of hydrogen-bond acceptors (Lipinski definition) is 6. The normalized spacial score (nSPS) is 15.5. The number of benzene rings is 1. The number of rotatable bonds is 6. The third-order valence-electron chi connectivity index (χ3n) is 7.95. The predicted octanol–water partition coefficient (Wildman–Crippen LogP) is 5.90. The van der Waals surface area contributed by atoms with Crippen LogP contribution in [0, 0.1) is 11.6 Å². The molecule has 1 amide bonds. The van der Waals surface area contributed by atoms with Gasteiger partial charge in [0.15, 0.2) is 5.82 Å². The molecule has 4 heterocycles. The largest absolute Gasteiger partial charge is 0.507 e. The smallest absolute Gasteiger partial charge is 0.258 e. The Bertz CT molecular complexity index is 1750. The molecular formula is C33H35F2N5O3. The number of anilines is 1. The molecule has 10 heteroatoms. The summed E-state index contributed by atoms with van der Waals surface area (Å²) in [6.07, 6.45) is 2.97. The fourth-order valence-corrected chi connectivity index (χ4v) is 5.84. The van der Waals surface area contributed by atoms with E-state index in [1.807, 2.05) is 45.6 Å². The van der Waals surface area contributed by atoms with Crippen LogP contribution in [0.25, 0.3) is 28.0 Å². The second-order valence-electron chi connectivity index (χ2n) is 11.5. The van der Waals surface area contributed by atoms with Crippen molar-refractivity contribution >= 4 is 22.6 Å². The number of fused-ring (bicyclic) bond motifs is 1. The molecule has 8 nitrogen and oxygen atoms in total. The number of aromatic hydroxyl groups is 1. The van der Waals surface area contributed by atoms with Crippen molar-refractivity contribution < 1.29 is 18.7 Å². The van der Waals surface area contributed by atoms with Crippen LogP contribution < -0.4 is 10.5 Å². The van der Waals surface area contributed by atoms with Gasteiger partial charge in [-0.15, -0.1) is 0 Å². The first kappa shape index (κ1) is 29.9. The van der Waals surface area contributed by atoms with E-state index in [4.69, 9.17) is 0 Å². The molecule has 1 N–H and O–H groups in total. The molecule has 0 radical (unpaired) electrons. The number of hydrogen-bond donors (Lipinski definition) is 1. The van der Waals surface area contributed by atoms with Crippen molar-refractivity contribution in [3.63, 3.8) is 0 Å². The van der Waals surface area contributed by atoms with E-state index in [-0.39, 0.29) is 29.4 Å². The molecular weight excluding hydrogens is 552 g/mol. The van der Waals surface area contributed by atoms with Gasteiger partial charge in [0.1, 0.15) is 22.9 Å². The number of amides is 1. The molecule has 1 aliphatic heterocycles. The van der Waals surface area contributed by atoms with Gasteiger partial charge < -0.3 is 14.9 Å². The fraction of sp³-hybridized carbons (Fsp3) is 0.333. The third kappa shape index (κ3) is 5.26. The first-order valence-electron chi connectivity index (χ1n) is 14.4. The standard InChI is InChI=1S/C33H35F2N5O3/c1-7-27(42)38-13-14-39(20(6)17-38)25-16-28(43)40(32-21(18(2)3)11-12-36-30(32)19(4)5)33-22(25)15-24(35)31(37-33)29-23(34)9-8-10-26(29)41/h7-12,15-16,18-20,41H,1,13-14,17H2,2-6H3. The minimum Gasteiger partial charge on any atom is -0.507 e. The summed E-state index contributed by atoms with van der Waals surface area (Å²) in [4.78, 5) is 39.3. The van der Waals surface area contributed by atoms with Gasteiger partial charge in [-0.2, -0.15) is 0 Å². The number of aromatic nitrogens is 3. The van der Waals surface area contributed by atoms with Gasteiger partial charge in [0.2, 0.25) is 5.91 Å². The lowest BCUT2D eigenvalue weighted by atomic mass is 9.96. The zero-order valence-corrected chi connectivity index (χ0v) is 24.9. The van der Waals surface area contributed by atoms with Crippen LogP contribution in [0.3, 0.4) is 0 Å². The van der Waals surface area contributed by atoms with Gasteiger partial charge in [-0.3, -0.25) is 19.1 Å². The number of pyridine rings is 3. The van der Waals surface area contributed by atoms with E-state index in [9.17, 15) is 14.7 Å². The average molecular weight is 588 g/mol. The van der Waals surface area contributed by atoms with Crippen LogP contribution in [0.1, 0.15) is 57.7 Å². The number of carbonyl (C=O) groups is 1. The molecule has 1 fully saturated rings. The Balaban J connectivity index is 1.86. The summed E-state index contributed by atoms with van der Waals surface area (Å²) < 4.78 is 32.4. The van der Waals surface area contributed by atoms with Crippen molar-refractivity contribution in [3.05, 3.63) is 88.5 Å². The summed E-state index contributed by atoms with van der Waals surface area (Å²) in [6.45, 7) is 14.6. The Morgan fingerprint density at radius 1 is 1.09 bits per heavy atom. The van der Waals surface area contributed by atoms with E-state index in [2.05, 4.69) is 16.5 Å². The van der Waals surface area contributed by atoms with Crippen LogP contribution in [0.2, 0.25) is 0 Å². The molecule has 0 bridgehead atoms. The van der Waals surface area contributed by atoms with Crippen molar-refractivity contribution in [2.24, 2.45) is 0 Å². The summed E-state index contributed by atoms with van der Waals surface area (Å²) in [6, 6.07) is 8.03. The highest BCUT2D eigenvalue weighted by Gasteiger charge is 2.30. The molecule has 3 aromatic heterocycles. The first-order valence-corrected chi connectivity index (χ1v) is 14.4. The quantitative estimate of drug-likeness (QED) is 0.283. The Labute approximate surface area is 248 Å². The van der Waals surface area contributed by atoms with Crippen molar-refractivity contribution in [3.8, 4) is 22.7 Å². The molecule has 4 aromatic rings. The summed E-state index contributed by atoms with van der Waals surface area (Å²) in [5, 5.41) is 10.9. The molecule has 1 atom stereocenters. The van der Waals surface area contributed by atoms with E-state index in [0.29, 0.717) is 42.1 Å². The highest BCUT2D eigenvalue weighted by atomic mass is 19.1. The van der Waals surface area contributed by atoms with Crippen LogP contribution >= 0.6 is 0 Å². The number of carbonyl (C=O) groups excluding carboxylic acids is 1. The number of phenols is 1. The lowest BCUT2D eigenvalue weighted by Crippen LogP contribution is -2.53. The third-order valence-corrected chi connectivity index (χ3v) is 7.95. The van der Waals surface area contributed by atoms with Crippen LogP contribution in [0.15, 0.2) is 60.0 Å². The molecule has 0 aliphatic carbocycles. The number of nitrogens with zero attached hydrogens (tertiary/aromatic N) is 5. The van der Waals surface area contributed by atoms with Crippen LogP contribution in [0.5, 0.6) is 5.75 Å². The Kier molecular flexibility index (Phi) is 8.05. The molecule has 1 aromatic carbocycles. The summed E-state index contributed by atoms with van der Waals surface area (Å²) in [7, 11) is 0. The number of phenolic OH excluding ortho intramolecular Hbond substituents is 1. The first-order chi connectivity index (χ1) is 20.4. The topological polar surface area (TPSA) is 91.6 Å². The van der Waals surface area contributed by atoms with Gasteiger partial charge in [0, 0.05) is 43.3 Å². The SMILES string of the molecule is C=CC(=O)N1CCN(c2cc(=O)n(-c3c(C(C)C)ccnc3C(C)C)c3nc(-c4c(O)cccc4F)c(F)cc23)C(C)C1. The van der Waals surface area contributed by atoms with Gasteiger partial charge in [0.25, 0.3) is 5.56 Å². The lowest BCUT2D eigenvalue weighted by Gasteiger charge is -2.41. The monoisotopic (exact) mass is 587 g/mol. The van der Waals surface area contributed by atoms with E-state index >= 15 is 8.78 Å². The van der Waals surface area contributed by atoms with Crippen molar-refractivity contribution in [1.29, 1.82) is 0 Å². The second kappa shape index (κ2) is 11.6. The molecule has 224 valence electrons. The maximum Gasteiger partial charge on any atom is 0.258 e. The molecule has 1 saturated heterocycles. The molecule has 1 unspecified atom stereocenters. The lowest BCUT2D eigenvalue weighted by molar-refractivity contribution is -0.126. The van der Waals surface area contributed by atoms with Gasteiger partial charge in [-0.1, -0.05) is 40.3 Å². The maximum absolute atomic E-state index is 16.0. The highest BCUT2D eigenvalue weighted by Crippen LogP contribution is 2.38. The number of piperazine rings is 1.